The second kappa shape index (κ2) is 5.23. The van der Waals surface area contributed by atoms with Gasteiger partial charge in [0.25, 0.3) is 0 Å². The van der Waals surface area contributed by atoms with E-state index in [4.69, 9.17) is 10.5 Å². The maximum absolute atomic E-state index is 5.87. The second-order valence-corrected chi connectivity index (χ2v) is 5.17. The molecule has 3 rings (SSSR count). The topological polar surface area (TPSA) is 43.4 Å². The number of morpholine rings is 1. The molecule has 0 bridgehead atoms. The Balaban J connectivity index is 1.77. The van der Waals surface area contributed by atoms with Gasteiger partial charge in [-0.15, -0.1) is 0 Å². The number of aromatic nitrogens is 1. The fourth-order valence-electron chi connectivity index (χ4n) is 2.78. The van der Waals surface area contributed by atoms with Crippen molar-refractivity contribution in [1.29, 1.82) is 0 Å². The van der Waals surface area contributed by atoms with Crippen molar-refractivity contribution >= 4 is 16.6 Å². The highest BCUT2D eigenvalue weighted by molar-refractivity contribution is 5.83. The molecule has 1 aromatic heterocycles. The van der Waals surface area contributed by atoms with E-state index in [2.05, 4.69) is 34.7 Å². The van der Waals surface area contributed by atoms with Crippen molar-refractivity contribution in [3.8, 4) is 0 Å². The van der Waals surface area contributed by atoms with Crippen LogP contribution in [-0.4, -0.2) is 41.8 Å². The first-order valence-corrected chi connectivity index (χ1v) is 6.94. The third kappa shape index (κ3) is 2.60. The van der Waals surface area contributed by atoms with Crippen LogP contribution < -0.4 is 5.73 Å². The molecule has 1 aromatic carbocycles. The van der Waals surface area contributed by atoms with Gasteiger partial charge in [-0.2, -0.15) is 0 Å². The summed E-state index contributed by atoms with van der Waals surface area (Å²) in [6.45, 7) is 7.12. The lowest BCUT2D eigenvalue weighted by molar-refractivity contribution is -0.0337. The Morgan fingerprint density at radius 1 is 1.37 bits per heavy atom. The van der Waals surface area contributed by atoms with Gasteiger partial charge < -0.3 is 15.0 Å². The summed E-state index contributed by atoms with van der Waals surface area (Å²) in [5, 5.41) is 1.20. The van der Waals surface area contributed by atoms with Crippen molar-refractivity contribution in [3.05, 3.63) is 30.5 Å². The highest BCUT2D eigenvalue weighted by atomic mass is 16.5. The molecular weight excluding hydrogens is 238 g/mol. The molecule has 1 aliphatic heterocycles. The summed E-state index contributed by atoms with van der Waals surface area (Å²) < 4.78 is 8.13. The summed E-state index contributed by atoms with van der Waals surface area (Å²) in [5.74, 6) is 0. The molecular formula is C15H21N3O. The lowest BCUT2D eigenvalue weighted by atomic mass is 10.2. The zero-order valence-electron chi connectivity index (χ0n) is 11.4. The van der Waals surface area contributed by atoms with Crippen molar-refractivity contribution in [2.45, 2.75) is 19.6 Å². The van der Waals surface area contributed by atoms with Gasteiger partial charge in [-0.3, -0.25) is 4.90 Å². The molecule has 4 nitrogen and oxygen atoms in total. The molecule has 102 valence electrons. The first-order chi connectivity index (χ1) is 9.26. The number of rotatable bonds is 3. The molecule has 2 heterocycles. The molecule has 0 amide bonds. The van der Waals surface area contributed by atoms with E-state index in [0.29, 0.717) is 0 Å². The number of ether oxygens (including phenoxy) is 1. The van der Waals surface area contributed by atoms with Crippen LogP contribution >= 0.6 is 0 Å². The van der Waals surface area contributed by atoms with Crippen molar-refractivity contribution in [2.75, 3.05) is 32.0 Å². The molecule has 2 aromatic rings. The predicted octanol–water partition coefficient (Wildman–Crippen LogP) is 1.94. The number of nitrogens with zero attached hydrogens (tertiary/aromatic N) is 2. The van der Waals surface area contributed by atoms with E-state index in [0.717, 1.165) is 38.5 Å². The number of hydrogen-bond acceptors (Lipinski definition) is 3. The fourth-order valence-corrected chi connectivity index (χ4v) is 2.78. The molecule has 1 saturated heterocycles. The molecule has 0 radical (unpaired) electrons. The van der Waals surface area contributed by atoms with E-state index < -0.39 is 0 Å². The molecule has 19 heavy (non-hydrogen) atoms. The Bertz CT molecular complexity index is 564. The van der Waals surface area contributed by atoms with E-state index in [1.165, 1.54) is 10.9 Å². The van der Waals surface area contributed by atoms with Gasteiger partial charge in [-0.1, -0.05) is 6.92 Å². The van der Waals surface area contributed by atoms with Crippen LogP contribution in [0.4, 0.5) is 5.69 Å². The molecule has 4 heteroatoms. The smallest absolute Gasteiger partial charge is 0.0881 e. The van der Waals surface area contributed by atoms with Gasteiger partial charge in [0.15, 0.2) is 0 Å². The van der Waals surface area contributed by atoms with Crippen LogP contribution in [0.3, 0.4) is 0 Å². The number of hydrogen-bond donors (Lipinski definition) is 1. The molecule has 2 N–H and O–H groups in total. The van der Waals surface area contributed by atoms with Crippen LogP contribution in [0.5, 0.6) is 0 Å². The normalized spacial score (nSPS) is 21.0. The summed E-state index contributed by atoms with van der Waals surface area (Å²) >= 11 is 0. The van der Waals surface area contributed by atoms with Crippen LogP contribution in [0, 0.1) is 0 Å². The van der Waals surface area contributed by atoms with Crippen molar-refractivity contribution in [2.24, 2.45) is 0 Å². The first-order valence-electron chi connectivity index (χ1n) is 6.94. The average molecular weight is 259 g/mol. The molecule has 0 aliphatic carbocycles. The van der Waals surface area contributed by atoms with Crippen LogP contribution in [-0.2, 0) is 11.3 Å². The Labute approximate surface area is 113 Å². The number of benzene rings is 1. The van der Waals surface area contributed by atoms with E-state index in [1.54, 1.807) is 0 Å². The first kappa shape index (κ1) is 12.5. The number of likely N-dealkylation sites (N-methyl/N-ethyl adjacent to an activating group) is 1. The minimum atomic E-state index is 0.279. The van der Waals surface area contributed by atoms with Gasteiger partial charge in [0.1, 0.15) is 0 Å². The van der Waals surface area contributed by atoms with Crippen molar-refractivity contribution in [1.82, 2.24) is 9.47 Å². The van der Waals surface area contributed by atoms with Gasteiger partial charge in [-0.05, 0) is 30.8 Å². The third-order valence-corrected chi connectivity index (χ3v) is 3.87. The zero-order valence-corrected chi connectivity index (χ0v) is 11.4. The maximum Gasteiger partial charge on any atom is 0.0881 e. The second-order valence-electron chi connectivity index (χ2n) is 5.17. The average Bonchev–Trinajstić information content (AvgIpc) is 2.81. The maximum atomic E-state index is 5.87. The van der Waals surface area contributed by atoms with Crippen LogP contribution in [0.15, 0.2) is 30.5 Å². The monoisotopic (exact) mass is 259 g/mol. The number of fused-ring (bicyclic) bond motifs is 1. The van der Waals surface area contributed by atoms with Crippen molar-refractivity contribution < 1.29 is 4.74 Å². The molecule has 1 aliphatic rings. The molecule has 0 spiro atoms. The van der Waals surface area contributed by atoms with Crippen molar-refractivity contribution in [3.63, 3.8) is 0 Å². The Kier molecular flexibility index (Phi) is 3.44. The highest BCUT2D eigenvalue weighted by Gasteiger charge is 2.19. The third-order valence-electron chi connectivity index (χ3n) is 3.87. The van der Waals surface area contributed by atoms with E-state index in [1.807, 2.05) is 12.1 Å². The minimum Gasteiger partial charge on any atom is -0.399 e. The quantitative estimate of drug-likeness (QED) is 0.857. The van der Waals surface area contributed by atoms with Crippen LogP contribution in [0.2, 0.25) is 0 Å². The molecule has 0 saturated carbocycles. The van der Waals surface area contributed by atoms with Gasteiger partial charge >= 0.3 is 0 Å². The fraction of sp³-hybridized carbons (Fsp3) is 0.467. The van der Waals surface area contributed by atoms with E-state index in [-0.39, 0.29) is 6.10 Å². The lowest BCUT2D eigenvalue weighted by Gasteiger charge is -2.32. The van der Waals surface area contributed by atoms with Gasteiger partial charge in [0.05, 0.1) is 19.3 Å². The van der Waals surface area contributed by atoms with Gasteiger partial charge in [-0.25, -0.2) is 0 Å². The summed E-state index contributed by atoms with van der Waals surface area (Å²) in [6, 6.07) is 8.18. The highest BCUT2D eigenvalue weighted by Crippen LogP contribution is 2.20. The Hall–Kier alpha value is -1.52. The molecule has 1 fully saturated rings. The predicted molar refractivity (Wildman–Crippen MR) is 78.2 cm³/mol. The van der Waals surface area contributed by atoms with Gasteiger partial charge in [0, 0.05) is 35.9 Å². The number of anilines is 1. The summed E-state index contributed by atoms with van der Waals surface area (Å²) in [5.41, 5.74) is 7.86. The number of nitrogens with two attached hydrogens (primary N) is 1. The van der Waals surface area contributed by atoms with Crippen LogP contribution in [0.25, 0.3) is 10.9 Å². The Morgan fingerprint density at radius 3 is 3.11 bits per heavy atom. The van der Waals surface area contributed by atoms with Gasteiger partial charge in [0.2, 0.25) is 0 Å². The zero-order chi connectivity index (χ0) is 13.2. The summed E-state index contributed by atoms with van der Waals surface area (Å²) in [4.78, 5) is 2.44. The number of nitrogen functional groups attached to an aromatic ring is 1. The molecule has 1 unspecified atom stereocenters. The SMILES string of the molecule is CCN1CCOC(Cn2ccc3cc(N)ccc32)C1. The van der Waals surface area contributed by atoms with E-state index >= 15 is 0 Å². The summed E-state index contributed by atoms with van der Waals surface area (Å²) in [6.07, 6.45) is 2.40. The van der Waals surface area contributed by atoms with E-state index in [9.17, 15) is 0 Å². The standard InChI is InChI=1S/C15H21N3O/c1-2-17-7-8-19-14(10-17)11-18-6-5-12-9-13(16)3-4-15(12)18/h3-6,9,14H,2,7-8,10-11,16H2,1H3. The summed E-state index contributed by atoms with van der Waals surface area (Å²) in [7, 11) is 0. The lowest BCUT2D eigenvalue weighted by Crippen LogP contribution is -2.43. The molecule has 1 atom stereocenters. The minimum absolute atomic E-state index is 0.279. The Morgan fingerprint density at radius 2 is 2.26 bits per heavy atom. The van der Waals surface area contributed by atoms with Crippen LogP contribution in [0.1, 0.15) is 6.92 Å². The largest absolute Gasteiger partial charge is 0.399 e.